The van der Waals surface area contributed by atoms with Crippen molar-refractivity contribution < 1.29 is 13.2 Å². The van der Waals surface area contributed by atoms with Crippen LogP contribution in [0.5, 0.6) is 0 Å². The van der Waals surface area contributed by atoms with Crippen LogP contribution in [0, 0.1) is 5.92 Å². The minimum Gasteiger partial charge on any atom is -0.298 e. The predicted octanol–water partition coefficient (Wildman–Crippen LogP) is 4.32. The Hall–Kier alpha value is -2.71. The molecule has 6 nitrogen and oxygen atoms in total. The molecular formula is C21H21N3O3S2. The van der Waals surface area contributed by atoms with Gasteiger partial charge < -0.3 is 0 Å². The summed E-state index contributed by atoms with van der Waals surface area (Å²) in [5.41, 5.74) is 1.77. The predicted molar refractivity (Wildman–Crippen MR) is 115 cm³/mol. The standard InChI is InChI=1S/C21H21N3O3S2/c1-14-10-11-18-19(12-14)28-21(22-18)23-20(25)15-6-5-7-16(13-15)24-29(26,27)17-8-3-2-4-9-17/h2-9,13-14,24H,10-12H2,1H3,(H,22,23,25). The third kappa shape index (κ3) is 4.49. The Morgan fingerprint density at radius 1 is 1.14 bits per heavy atom. The van der Waals surface area contributed by atoms with E-state index in [2.05, 4.69) is 21.9 Å². The monoisotopic (exact) mass is 427 g/mol. The molecule has 29 heavy (non-hydrogen) atoms. The van der Waals surface area contributed by atoms with Gasteiger partial charge in [0.1, 0.15) is 0 Å². The van der Waals surface area contributed by atoms with Crippen LogP contribution in [0.15, 0.2) is 59.5 Å². The van der Waals surface area contributed by atoms with Crippen molar-refractivity contribution in [2.45, 2.75) is 31.1 Å². The first-order valence-electron chi connectivity index (χ1n) is 9.38. The van der Waals surface area contributed by atoms with Gasteiger partial charge in [-0.15, -0.1) is 11.3 Å². The van der Waals surface area contributed by atoms with Crippen LogP contribution >= 0.6 is 11.3 Å². The number of hydrogen-bond acceptors (Lipinski definition) is 5. The highest BCUT2D eigenvalue weighted by molar-refractivity contribution is 7.92. The molecule has 8 heteroatoms. The van der Waals surface area contributed by atoms with Crippen molar-refractivity contribution >= 4 is 38.1 Å². The molecule has 0 fully saturated rings. The molecule has 1 amide bonds. The van der Waals surface area contributed by atoms with Gasteiger partial charge in [-0.05, 0) is 55.5 Å². The number of rotatable bonds is 5. The lowest BCUT2D eigenvalue weighted by Gasteiger charge is -2.15. The number of aromatic nitrogens is 1. The van der Waals surface area contributed by atoms with Gasteiger partial charge in [-0.3, -0.25) is 14.8 Å². The molecule has 2 aromatic carbocycles. The molecule has 0 saturated heterocycles. The Labute approximate surface area is 174 Å². The molecular weight excluding hydrogens is 406 g/mol. The van der Waals surface area contributed by atoms with Crippen molar-refractivity contribution in [2.75, 3.05) is 10.0 Å². The maximum absolute atomic E-state index is 12.7. The SMILES string of the molecule is CC1CCc2nc(NC(=O)c3cccc(NS(=O)(=O)c4ccccc4)c3)sc2C1. The number of benzene rings is 2. The molecule has 0 aliphatic heterocycles. The summed E-state index contributed by atoms with van der Waals surface area (Å²) in [5.74, 6) is 0.325. The normalized spacial score (nSPS) is 16.1. The summed E-state index contributed by atoms with van der Waals surface area (Å²) in [5, 5.41) is 3.43. The van der Waals surface area contributed by atoms with Gasteiger partial charge in [0, 0.05) is 16.1 Å². The molecule has 1 aromatic heterocycles. The molecule has 1 aliphatic carbocycles. The molecule has 3 aromatic rings. The number of nitrogens with one attached hydrogen (secondary N) is 2. The van der Waals surface area contributed by atoms with Gasteiger partial charge in [-0.1, -0.05) is 31.2 Å². The van der Waals surface area contributed by atoms with E-state index >= 15 is 0 Å². The number of hydrogen-bond donors (Lipinski definition) is 2. The molecule has 0 bridgehead atoms. The van der Waals surface area contributed by atoms with Gasteiger partial charge in [-0.25, -0.2) is 13.4 Å². The lowest BCUT2D eigenvalue weighted by atomic mass is 9.93. The van der Waals surface area contributed by atoms with E-state index in [0.29, 0.717) is 22.3 Å². The van der Waals surface area contributed by atoms with Crippen LogP contribution in [0.4, 0.5) is 10.8 Å². The number of thiazole rings is 1. The molecule has 1 heterocycles. The van der Waals surface area contributed by atoms with Crippen LogP contribution in [0.3, 0.4) is 0 Å². The van der Waals surface area contributed by atoms with E-state index in [1.54, 1.807) is 36.4 Å². The second kappa shape index (κ2) is 7.96. The zero-order valence-electron chi connectivity index (χ0n) is 15.9. The van der Waals surface area contributed by atoms with E-state index in [-0.39, 0.29) is 10.8 Å². The molecule has 1 unspecified atom stereocenters. The summed E-state index contributed by atoms with van der Waals surface area (Å²) in [6, 6.07) is 14.5. The third-order valence-corrected chi connectivity index (χ3v) is 7.27. The van der Waals surface area contributed by atoms with Crippen LogP contribution in [-0.2, 0) is 22.9 Å². The number of amides is 1. The van der Waals surface area contributed by atoms with Crippen LogP contribution in [0.1, 0.15) is 34.3 Å². The number of fused-ring (bicyclic) bond motifs is 1. The van der Waals surface area contributed by atoms with Crippen molar-refractivity contribution in [3.63, 3.8) is 0 Å². The quantitative estimate of drug-likeness (QED) is 0.635. The van der Waals surface area contributed by atoms with Crippen molar-refractivity contribution in [2.24, 2.45) is 5.92 Å². The Balaban J connectivity index is 1.49. The molecule has 0 radical (unpaired) electrons. The van der Waals surface area contributed by atoms with E-state index in [1.165, 1.54) is 34.4 Å². The Bertz CT molecular complexity index is 1140. The van der Waals surface area contributed by atoms with Crippen LogP contribution < -0.4 is 10.0 Å². The summed E-state index contributed by atoms with van der Waals surface area (Å²) in [6.07, 6.45) is 3.06. The fourth-order valence-corrected chi connectivity index (χ4v) is 5.54. The molecule has 0 saturated carbocycles. The number of aryl methyl sites for hydroxylation is 1. The van der Waals surface area contributed by atoms with Crippen molar-refractivity contribution in [3.8, 4) is 0 Å². The Kier molecular flexibility index (Phi) is 5.38. The first-order chi connectivity index (χ1) is 13.9. The van der Waals surface area contributed by atoms with E-state index in [9.17, 15) is 13.2 Å². The number of anilines is 2. The average molecular weight is 428 g/mol. The molecule has 1 aliphatic rings. The summed E-state index contributed by atoms with van der Waals surface area (Å²) in [7, 11) is -3.71. The highest BCUT2D eigenvalue weighted by Gasteiger charge is 2.21. The molecule has 2 N–H and O–H groups in total. The van der Waals surface area contributed by atoms with Gasteiger partial charge in [0.15, 0.2) is 5.13 Å². The Morgan fingerprint density at radius 3 is 2.72 bits per heavy atom. The van der Waals surface area contributed by atoms with E-state index in [1.807, 2.05) is 0 Å². The van der Waals surface area contributed by atoms with Gasteiger partial charge in [0.05, 0.1) is 10.6 Å². The molecule has 0 spiro atoms. The van der Waals surface area contributed by atoms with Gasteiger partial charge in [0.25, 0.3) is 15.9 Å². The number of nitrogens with zero attached hydrogens (tertiary/aromatic N) is 1. The summed E-state index contributed by atoms with van der Waals surface area (Å²) in [6.45, 7) is 2.23. The largest absolute Gasteiger partial charge is 0.298 e. The van der Waals surface area contributed by atoms with E-state index in [4.69, 9.17) is 0 Å². The minimum atomic E-state index is -3.71. The Morgan fingerprint density at radius 2 is 1.93 bits per heavy atom. The second-order valence-electron chi connectivity index (χ2n) is 7.19. The van der Waals surface area contributed by atoms with Crippen LogP contribution in [0.2, 0.25) is 0 Å². The first-order valence-corrected chi connectivity index (χ1v) is 11.7. The number of carbonyl (C=O) groups excluding carboxylic acids is 1. The average Bonchev–Trinajstić information content (AvgIpc) is 3.10. The highest BCUT2D eigenvalue weighted by Crippen LogP contribution is 2.32. The van der Waals surface area contributed by atoms with Crippen molar-refractivity contribution in [3.05, 3.63) is 70.7 Å². The fraction of sp³-hybridized carbons (Fsp3) is 0.238. The third-order valence-electron chi connectivity index (χ3n) is 4.84. The summed E-state index contributed by atoms with van der Waals surface area (Å²) in [4.78, 5) is 18.6. The van der Waals surface area contributed by atoms with E-state index < -0.39 is 10.0 Å². The number of carbonyl (C=O) groups is 1. The molecule has 1 atom stereocenters. The topological polar surface area (TPSA) is 88.2 Å². The lowest BCUT2D eigenvalue weighted by molar-refractivity contribution is 0.102. The zero-order valence-corrected chi connectivity index (χ0v) is 17.5. The summed E-state index contributed by atoms with van der Waals surface area (Å²) < 4.78 is 27.5. The van der Waals surface area contributed by atoms with Crippen molar-refractivity contribution in [1.29, 1.82) is 0 Å². The summed E-state index contributed by atoms with van der Waals surface area (Å²) >= 11 is 1.52. The van der Waals surface area contributed by atoms with Crippen LogP contribution in [0.25, 0.3) is 0 Å². The van der Waals surface area contributed by atoms with Gasteiger partial charge in [-0.2, -0.15) is 0 Å². The molecule has 150 valence electrons. The first kappa shape index (κ1) is 19.6. The van der Waals surface area contributed by atoms with Gasteiger partial charge in [0.2, 0.25) is 0 Å². The minimum absolute atomic E-state index is 0.164. The second-order valence-corrected chi connectivity index (χ2v) is 9.96. The maximum atomic E-state index is 12.7. The van der Waals surface area contributed by atoms with Crippen molar-refractivity contribution in [1.82, 2.24) is 4.98 Å². The van der Waals surface area contributed by atoms with Gasteiger partial charge >= 0.3 is 0 Å². The fourth-order valence-electron chi connectivity index (χ4n) is 3.30. The maximum Gasteiger partial charge on any atom is 0.261 e. The van der Waals surface area contributed by atoms with Crippen LogP contribution in [-0.4, -0.2) is 19.3 Å². The van der Waals surface area contributed by atoms with E-state index in [0.717, 1.165) is 25.0 Å². The highest BCUT2D eigenvalue weighted by atomic mass is 32.2. The smallest absolute Gasteiger partial charge is 0.261 e. The zero-order chi connectivity index (χ0) is 20.4. The lowest BCUT2D eigenvalue weighted by Crippen LogP contribution is -2.15. The molecule has 4 rings (SSSR count). The number of sulfonamides is 1.